The lowest BCUT2D eigenvalue weighted by Crippen LogP contribution is -2.31. The van der Waals surface area contributed by atoms with E-state index in [9.17, 15) is 5.11 Å². The van der Waals surface area contributed by atoms with Crippen LogP contribution < -0.4 is 0 Å². The average molecular weight is 206 g/mol. The van der Waals surface area contributed by atoms with Crippen molar-refractivity contribution in [3.8, 4) is 0 Å². The van der Waals surface area contributed by atoms with E-state index in [0.29, 0.717) is 0 Å². The topological polar surface area (TPSA) is 20.2 Å². The molecule has 0 spiro atoms. The molecule has 1 nitrogen and oxygen atoms in total. The van der Waals surface area contributed by atoms with Crippen molar-refractivity contribution in [2.24, 2.45) is 5.41 Å². The third kappa shape index (κ3) is 3.07. The second kappa shape index (κ2) is 4.36. The molecule has 2 atom stereocenters. The quantitative estimate of drug-likeness (QED) is 0.785. The largest absolute Gasteiger partial charge is 0.392 e. The minimum Gasteiger partial charge on any atom is -0.392 e. The van der Waals surface area contributed by atoms with Crippen molar-refractivity contribution in [2.45, 2.75) is 46.6 Å². The molecule has 15 heavy (non-hydrogen) atoms. The smallest absolute Gasteiger partial charge is 0.0654 e. The first kappa shape index (κ1) is 12.3. The summed E-state index contributed by atoms with van der Waals surface area (Å²) in [5.74, 6) is 0.186. The standard InChI is InChI=1S/C14H22O/c1-10-6-8-12(9-7-10)11(2)13(15)14(3,4)5/h6-9,11,13,15H,1-5H3. The summed E-state index contributed by atoms with van der Waals surface area (Å²) in [6, 6.07) is 8.41. The molecule has 2 unspecified atom stereocenters. The van der Waals surface area contributed by atoms with Gasteiger partial charge in [0.2, 0.25) is 0 Å². The summed E-state index contributed by atoms with van der Waals surface area (Å²) < 4.78 is 0. The second-order valence-corrected chi connectivity index (χ2v) is 5.51. The third-order valence-corrected chi connectivity index (χ3v) is 2.96. The normalized spacial score (nSPS) is 16.1. The van der Waals surface area contributed by atoms with Gasteiger partial charge in [0.1, 0.15) is 0 Å². The van der Waals surface area contributed by atoms with E-state index in [2.05, 4.69) is 58.9 Å². The van der Waals surface area contributed by atoms with E-state index in [-0.39, 0.29) is 17.4 Å². The molecule has 0 aliphatic carbocycles. The van der Waals surface area contributed by atoms with Gasteiger partial charge in [-0.2, -0.15) is 0 Å². The van der Waals surface area contributed by atoms with Gasteiger partial charge in [-0.15, -0.1) is 0 Å². The van der Waals surface area contributed by atoms with E-state index in [4.69, 9.17) is 0 Å². The summed E-state index contributed by atoms with van der Waals surface area (Å²) in [5.41, 5.74) is 2.41. The van der Waals surface area contributed by atoms with Crippen LogP contribution in [0.25, 0.3) is 0 Å². The van der Waals surface area contributed by atoms with Gasteiger partial charge in [-0.25, -0.2) is 0 Å². The molecule has 0 fully saturated rings. The van der Waals surface area contributed by atoms with Crippen LogP contribution in [0.3, 0.4) is 0 Å². The Morgan fingerprint density at radius 3 is 1.93 bits per heavy atom. The fourth-order valence-corrected chi connectivity index (χ4v) is 1.80. The molecule has 0 amide bonds. The Labute approximate surface area is 93.1 Å². The van der Waals surface area contributed by atoms with E-state index in [1.54, 1.807) is 0 Å². The molecule has 0 bridgehead atoms. The zero-order valence-corrected chi connectivity index (χ0v) is 10.4. The van der Waals surface area contributed by atoms with Gasteiger partial charge in [0, 0.05) is 5.92 Å². The van der Waals surface area contributed by atoms with Crippen molar-refractivity contribution < 1.29 is 5.11 Å². The maximum absolute atomic E-state index is 10.2. The Hall–Kier alpha value is -0.820. The second-order valence-electron chi connectivity index (χ2n) is 5.51. The van der Waals surface area contributed by atoms with Gasteiger partial charge in [-0.05, 0) is 17.9 Å². The summed E-state index contributed by atoms with van der Waals surface area (Å²) in [6.45, 7) is 10.4. The van der Waals surface area contributed by atoms with Crippen molar-refractivity contribution in [3.05, 3.63) is 35.4 Å². The molecule has 0 radical (unpaired) electrons. The van der Waals surface area contributed by atoms with Crippen LogP contribution in [0.4, 0.5) is 0 Å². The highest BCUT2D eigenvalue weighted by molar-refractivity contribution is 5.25. The molecule has 0 heterocycles. The predicted molar refractivity (Wildman–Crippen MR) is 65.1 cm³/mol. The van der Waals surface area contributed by atoms with E-state index < -0.39 is 0 Å². The Morgan fingerprint density at radius 2 is 1.53 bits per heavy atom. The van der Waals surface area contributed by atoms with Gasteiger partial charge >= 0.3 is 0 Å². The summed E-state index contributed by atoms with van der Waals surface area (Å²) >= 11 is 0. The fourth-order valence-electron chi connectivity index (χ4n) is 1.80. The molecule has 84 valence electrons. The van der Waals surface area contributed by atoms with Crippen molar-refractivity contribution in [1.82, 2.24) is 0 Å². The highest BCUT2D eigenvalue weighted by Gasteiger charge is 2.28. The molecular weight excluding hydrogens is 184 g/mol. The molecule has 0 saturated carbocycles. The number of aliphatic hydroxyl groups is 1. The van der Waals surface area contributed by atoms with Crippen LogP contribution in [-0.2, 0) is 0 Å². The van der Waals surface area contributed by atoms with Crippen LogP contribution in [0, 0.1) is 12.3 Å². The third-order valence-electron chi connectivity index (χ3n) is 2.96. The Morgan fingerprint density at radius 1 is 1.07 bits per heavy atom. The van der Waals surface area contributed by atoms with Gasteiger partial charge in [-0.1, -0.05) is 57.5 Å². The summed E-state index contributed by atoms with van der Waals surface area (Å²) in [6.07, 6.45) is -0.305. The minimum atomic E-state index is -0.305. The lowest BCUT2D eigenvalue weighted by Gasteiger charge is -2.31. The van der Waals surface area contributed by atoms with Crippen LogP contribution in [0.5, 0.6) is 0 Å². The Balaban J connectivity index is 2.85. The van der Waals surface area contributed by atoms with Gasteiger partial charge in [0.15, 0.2) is 0 Å². The molecule has 0 aromatic heterocycles. The minimum absolute atomic E-state index is 0.0652. The van der Waals surface area contributed by atoms with Crippen LogP contribution in [0.1, 0.15) is 44.7 Å². The number of hydrogen-bond acceptors (Lipinski definition) is 1. The van der Waals surface area contributed by atoms with E-state index in [1.807, 2.05) is 0 Å². The van der Waals surface area contributed by atoms with Gasteiger partial charge < -0.3 is 5.11 Å². The molecule has 1 N–H and O–H groups in total. The zero-order valence-electron chi connectivity index (χ0n) is 10.4. The first-order valence-electron chi connectivity index (χ1n) is 5.57. The van der Waals surface area contributed by atoms with Crippen LogP contribution in [0.15, 0.2) is 24.3 Å². The van der Waals surface area contributed by atoms with Crippen molar-refractivity contribution in [1.29, 1.82) is 0 Å². The first-order valence-corrected chi connectivity index (χ1v) is 5.57. The molecular formula is C14H22O. The van der Waals surface area contributed by atoms with E-state index >= 15 is 0 Å². The Bertz CT molecular complexity index is 305. The van der Waals surface area contributed by atoms with E-state index in [0.717, 1.165) is 0 Å². The molecule has 1 rings (SSSR count). The van der Waals surface area contributed by atoms with Crippen LogP contribution in [-0.4, -0.2) is 11.2 Å². The highest BCUT2D eigenvalue weighted by atomic mass is 16.3. The maximum atomic E-state index is 10.2. The van der Waals surface area contributed by atoms with Crippen molar-refractivity contribution in [2.75, 3.05) is 0 Å². The first-order chi connectivity index (χ1) is 6.82. The Kier molecular flexibility index (Phi) is 3.56. The van der Waals surface area contributed by atoms with E-state index in [1.165, 1.54) is 11.1 Å². The molecule has 0 aliphatic rings. The SMILES string of the molecule is Cc1ccc(C(C)C(O)C(C)(C)C)cc1. The van der Waals surface area contributed by atoms with Gasteiger partial charge in [0.05, 0.1) is 6.10 Å². The lowest BCUT2D eigenvalue weighted by molar-refractivity contribution is 0.0434. The summed E-state index contributed by atoms with van der Waals surface area (Å²) in [5, 5.41) is 10.2. The number of rotatable bonds is 2. The lowest BCUT2D eigenvalue weighted by atomic mass is 9.79. The molecule has 0 aliphatic heterocycles. The van der Waals surface area contributed by atoms with Crippen molar-refractivity contribution in [3.63, 3.8) is 0 Å². The molecule has 1 aromatic rings. The summed E-state index contributed by atoms with van der Waals surface area (Å²) in [4.78, 5) is 0. The number of aliphatic hydroxyl groups excluding tert-OH is 1. The van der Waals surface area contributed by atoms with Crippen molar-refractivity contribution >= 4 is 0 Å². The molecule has 1 aromatic carbocycles. The van der Waals surface area contributed by atoms with Crippen LogP contribution >= 0.6 is 0 Å². The number of benzene rings is 1. The predicted octanol–water partition coefficient (Wildman–Crippen LogP) is 3.51. The fraction of sp³-hybridized carbons (Fsp3) is 0.571. The number of aryl methyl sites for hydroxylation is 1. The zero-order chi connectivity index (χ0) is 11.6. The highest BCUT2D eigenvalue weighted by Crippen LogP contribution is 2.31. The van der Waals surface area contributed by atoms with Gasteiger partial charge in [-0.3, -0.25) is 0 Å². The van der Waals surface area contributed by atoms with Crippen LogP contribution in [0.2, 0.25) is 0 Å². The molecule has 1 heteroatoms. The molecule has 0 saturated heterocycles. The number of hydrogen-bond donors (Lipinski definition) is 1. The monoisotopic (exact) mass is 206 g/mol. The summed E-state index contributed by atoms with van der Waals surface area (Å²) in [7, 11) is 0. The van der Waals surface area contributed by atoms with Gasteiger partial charge in [0.25, 0.3) is 0 Å². The average Bonchev–Trinajstić information content (AvgIpc) is 2.15. The maximum Gasteiger partial charge on any atom is 0.0654 e.